The first-order chi connectivity index (χ1) is 16.5. The van der Waals surface area contributed by atoms with E-state index in [0.29, 0.717) is 11.5 Å². The molecule has 0 bridgehead atoms. The second kappa shape index (κ2) is 9.88. The van der Waals surface area contributed by atoms with Crippen molar-refractivity contribution in [2.75, 3.05) is 6.61 Å². The monoisotopic (exact) mass is 598 g/mol. The van der Waals surface area contributed by atoms with E-state index in [9.17, 15) is 4.79 Å². The van der Waals surface area contributed by atoms with E-state index in [0.717, 1.165) is 50.3 Å². The van der Waals surface area contributed by atoms with Gasteiger partial charge in [0, 0.05) is 14.6 Å². The van der Waals surface area contributed by atoms with E-state index in [-0.39, 0.29) is 12.0 Å². The van der Waals surface area contributed by atoms with Crippen molar-refractivity contribution >= 4 is 60.8 Å². The van der Waals surface area contributed by atoms with Gasteiger partial charge in [0.2, 0.25) is 0 Å². The predicted octanol–water partition coefficient (Wildman–Crippen LogP) is 7.99. The number of benzene rings is 2. The molecule has 1 aliphatic carbocycles. The maximum atomic E-state index is 12.7. The highest BCUT2D eigenvalue weighted by Gasteiger charge is 2.42. The molecular formula is C27H24Br2N2O2S. The lowest BCUT2D eigenvalue weighted by Gasteiger charge is -2.39. The van der Waals surface area contributed by atoms with Crippen LogP contribution in [0.1, 0.15) is 50.3 Å². The number of carbonyl (C=O) groups excluding carboxylic acids is 1. The highest BCUT2D eigenvalue weighted by Crippen LogP contribution is 2.51. The summed E-state index contributed by atoms with van der Waals surface area (Å²) in [4.78, 5) is 20.7. The average molecular weight is 600 g/mol. The van der Waals surface area contributed by atoms with E-state index in [1.165, 1.54) is 28.5 Å². The SMILES string of the molecule is CCOC(=O)C1=C(C)N2C(=NC3=C(CCC/C3=C\c3ccc(Br)cc3)[C@H]2c2ccc(Br)cc2)S1. The van der Waals surface area contributed by atoms with Gasteiger partial charge in [-0.25, -0.2) is 9.79 Å². The second-order valence-corrected chi connectivity index (χ2v) is 11.2. The first-order valence-electron chi connectivity index (χ1n) is 11.3. The van der Waals surface area contributed by atoms with Gasteiger partial charge in [0.15, 0.2) is 5.17 Å². The molecule has 7 heteroatoms. The summed E-state index contributed by atoms with van der Waals surface area (Å²) in [5.41, 5.74) is 6.89. The maximum absolute atomic E-state index is 12.7. The quantitative estimate of drug-likeness (QED) is 0.334. The Morgan fingerprint density at radius 3 is 2.47 bits per heavy atom. The molecule has 2 aromatic rings. The lowest BCUT2D eigenvalue weighted by molar-refractivity contribution is -0.137. The molecule has 0 N–H and O–H groups in total. The molecule has 3 aliphatic rings. The Balaban J connectivity index is 1.64. The van der Waals surface area contributed by atoms with Crippen LogP contribution in [0.3, 0.4) is 0 Å². The van der Waals surface area contributed by atoms with Crippen LogP contribution in [0.5, 0.6) is 0 Å². The molecule has 0 saturated carbocycles. The number of ether oxygens (including phenoxy) is 1. The van der Waals surface area contributed by atoms with Crippen LogP contribution in [-0.4, -0.2) is 22.6 Å². The fourth-order valence-electron chi connectivity index (χ4n) is 4.70. The van der Waals surface area contributed by atoms with E-state index in [1.807, 2.05) is 13.8 Å². The van der Waals surface area contributed by atoms with Gasteiger partial charge in [0.1, 0.15) is 4.91 Å². The number of fused-ring (bicyclic) bond motifs is 1. The number of carbonyl (C=O) groups is 1. The smallest absolute Gasteiger partial charge is 0.346 e. The van der Waals surface area contributed by atoms with Gasteiger partial charge in [-0.3, -0.25) is 0 Å². The van der Waals surface area contributed by atoms with Crippen molar-refractivity contribution in [3.8, 4) is 0 Å². The zero-order valence-corrected chi connectivity index (χ0v) is 23.0. The van der Waals surface area contributed by atoms with Crippen LogP contribution in [0.4, 0.5) is 0 Å². The molecule has 2 aromatic carbocycles. The van der Waals surface area contributed by atoms with Gasteiger partial charge >= 0.3 is 5.97 Å². The number of nitrogens with zero attached hydrogens (tertiary/aromatic N) is 2. The van der Waals surface area contributed by atoms with Crippen molar-refractivity contribution in [2.45, 2.75) is 39.2 Å². The Labute approximate surface area is 221 Å². The standard InChI is InChI=1S/C27H24Br2N2O2S/c1-3-33-26(32)25-16(2)31-24(18-9-13-21(29)14-10-18)22-6-4-5-19(23(22)30-27(31)34-25)15-17-7-11-20(28)12-8-17/h7-15,24H,3-6H2,1-2H3/b19-15+/t24-/m1/s1. The number of halogens is 2. The molecule has 0 spiro atoms. The Morgan fingerprint density at radius 2 is 1.79 bits per heavy atom. The molecule has 34 heavy (non-hydrogen) atoms. The Morgan fingerprint density at radius 1 is 1.12 bits per heavy atom. The fraction of sp³-hybridized carbons (Fsp3) is 0.259. The molecule has 0 fully saturated rings. The van der Waals surface area contributed by atoms with Gasteiger partial charge in [-0.15, -0.1) is 0 Å². The lowest BCUT2D eigenvalue weighted by Crippen LogP contribution is -2.34. The van der Waals surface area contributed by atoms with Crippen LogP contribution in [0.25, 0.3) is 6.08 Å². The van der Waals surface area contributed by atoms with Crippen molar-refractivity contribution in [1.29, 1.82) is 0 Å². The number of amidine groups is 1. The third-order valence-electron chi connectivity index (χ3n) is 6.24. The summed E-state index contributed by atoms with van der Waals surface area (Å²) >= 11 is 8.51. The van der Waals surface area contributed by atoms with Gasteiger partial charge < -0.3 is 9.64 Å². The number of rotatable bonds is 4. The maximum Gasteiger partial charge on any atom is 0.346 e. The molecule has 2 heterocycles. The van der Waals surface area contributed by atoms with E-state index >= 15 is 0 Å². The summed E-state index contributed by atoms with van der Waals surface area (Å²) in [7, 11) is 0. The van der Waals surface area contributed by atoms with Gasteiger partial charge in [-0.1, -0.05) is 56.1 Å². The third-order valence-corrected chi connectivity index (χ3v) is 8.44. The Hall–Kier alpha value is -2.09. The summed E-state index contributed by atoms with van der Waals surface area (Å²) in [6.45, 7) is 4.19. The minimum absolute atomic E-state index is 0.00337. The molecular weight excluding hydrogens is 576 g/mol. The largest absolute Gasteiger partial charge is 0.462 e. The van der Waals surface area contributed by atoms with E-state index in [2.05, 4.69) is 91.4 Å². The first kappa shape index (κ1) is 23.6. The summed E-state index contributed by atoms with van der Waals surface area (Å²) in [5.74, 6) is -0.278. The highest BCUT2D eigenvalue weighted by molar-refractivity contribution is 9.10. The summed E-state index contributed by atoms with van der Waals surface area (Å²) < 4.78 is 7.47. The summed E-state index contributed by atoms with van der Waals surface area (Å²) in [5, 5.41) is 0.843. The minimum atomic E-state index is -0.278. The fourth-order valence-corrected chi connectivity index (χ4v) is 6.28. The van der Waals surface area contributed by atoms with Crippen molar-refractivity contribution < 1.29 is 9.53 Å². The van der Waals surface area contributed by atoms with Crippen LogP contribution in [0, 0.1) is 0 Å². The molecule has 0 amide bonds. The van der Waals surface area contributed by atoms with Gasteiger partial charge in [0.05, 0.1) is 18.3 Å². The second-order valence-electron chi connectivity index (χ2n) is 8.40. The Bertz CT molecular complexity index is 1260. The molecule has 4 nitrogen and oxygen atoms in total. The summed E-state index contributed by atoms with van der Waals surface area (Å²) in [6.07, 6.45) is 5.30. The van der Waals surface area contributed by atoms with Crippen molar-refractivity contribution in [3.63, 3.8) is 0 Å². The van der Waals surface area contributed by atoms with E-state index < -0.39 is 0 Å². The molecule has 0 radical (unpaired) electrons. The zero-order valence-electron chi connectivity index (χ0n) is 19.0. The summed E-state index contributed by atoms with van der Waals surface area (Å²) in [6, 6.07) is 16.9. The number of thioether (sulfide) groups is 1. The van der Waals surface area contributed by atoms with Crippen LogP contribution >= 0.6 is 43.6 Å². The first-order valence-corrected chi connectivity index (χ1v) is 13.7. The molecule has 174 valence electrons. The van der Waals surface area contributed by atoms with Gasteiger partial charge in [-0.2, -0.15) is 0 Å². The molecule has 1 atom stereocenters. The number of hydrogen-bond donors (Lipinski definition) is 0. The molecule has 0 unspecified atom stereocenters. The minimum Gasteiger partial charge on any atom is -0.462 e. The van der Waals surface area contributed by atoms with Crippen molar-refractivity contribution in [1.82, 2.24) is 4.90 Å². The molecule has 2 aliphatic heterocycles. The number of esters is 1. The van der Waals surface area contributed by atoms with E-state index in [1.54, 1.807) is 0 Å². The average Bonchev–Trinajstić information content (AvgIpc) is 3.16. The molecule has 0 saturated heterocycles. The van der Waals surface area contributed by atoms with Crippen LogP contribution in [-0.2, 0) is 9.53 Å². The molecule has 0 aromatic heterocycles. The number of aliphatic imine (C=N–C) groups is 1. The van der Waals surface area contributed by atoms with Crippen molar-refractivity contribution in [2.24, 2.45) is 4.99 Å². The molecule has 5 rings (SSSR count). The van der Waals surface area contributed by atoms with Crippen LogP contribution < -0.4 is 0 Å². The van der Waals surface area contributed by atoms with E-state index in [4.69, 9.17) is 9.73 Å². The van der Waals surface area contributed by atoms with Crippen LogP contribution in [0.2, 0.25) is 0 Å². The van der Waals surface area contributed by atoms with Gasteiger partial charge in [0.25, 0.3) is 0 Å². The highest BCUT2D eigenvalue weighted by atomic mass is 79.9. The third kappa shape index (κ3) is 4.45. The van der Waals surface area contributed by atoms with Crippen molar-refractivity contribution in [3.05, 3.63) is 96.0 Å². The lowest BCUT2D eigenvalue weighted by atomic mass is 9.83. The Kier molecular flexibility index (Phi) is 6.87. The van der Waals surface area contributed by atoms with Gasteiger partial charge in [-0.05, 0) is 97.5 Å². The normalized spacial score (nSPS) is 20.9. The number of allylic oxidation sites excluding steroid dienone is 2. The van der Waals surface area contributed by atoms with Crippen LogP contribution in [0.15, 0.2) is 89.9 Å². The predicted molar refractivity (Wildman–Crippen MR) is 146 cm³/mol. The zero-order chi connectivity index (χ0) is 23.8. The number of hydrogen-bond acceptors (Lipinski definition) is 5. The topological polar surface area (TPSA) is 41.9 Å².